The fourth-order valence-electron chi connectivity index (χ4n) is 7.12. The largest absolute Gasteiger partial charge is 0.756 e. The number of unbranched alkanes of at least 4 members (excludes halogenated alkanes) is 30. The Morgan fingerprint density at radius 2 is 0.864 bits per heavy atom. The maximum atomic E-state index is 12.7. The molecule has 0 spiro atoms. The van der Waals surface area contributed by atoms with E-state index in [4.69, 9.17) is 18.5 Å². The van der Waals surface area contributed by atoms with Crippen LogP contribution in [0.4, 0.5) is 0 Å². The number of ether oxygens (including phenoxy) is 2. The van der Waals surface area contributed by atoms with E-state index in [0.717, 1.165) is 51.4 Å². The van der Waals surface area contributed by atoms with Crippen LogP contribution in [0.2, 0.25) is 0 Å². The first-order valence-electron chi connectivity index (χ1n) is 24.9. The number of quaternary nitrogens is 1. The van der Waals surface area contributed by atoms with Crippen LogP contribution in [0.25, 0.3) is 0 Å². The summed E-state index contributed by atoms with van der Waals surface area (Å²) in [4.78, 5) is 37.6. The van der Waals surface area contributed by atoms with Crippen LogP contribution in [-0.4, -0.2) is 70.0 Å². The number of esters is 2. The van der Waals surface area contributed by atoms with E-state index in [-0.39, 0.29) is 32.0 Å². The molecule has 0 heterocycles. The standard InChI is InChI=1S/C49H96NO8P/c1-6-8-10-12-14-16-18-20-22-24-25-26-28-29-31-33-35-37-39-41-48(51)55-45-47(46-57-59(53,54)56-44-43-50(3,4)5)58-49(52)42-40-38-36-34-32-30-27-23-21-19-17-15-13-11-9-7-2/h23,27,47H,6-22,24-26,28-46H2,1-5H3/b27-23-. The predicted molar refractivity (Wildman–Crippen MR) is 245 cm³/mol. The van der Waals surface area contributed by atoms with Gasteiger partial charge >= 0.3 is 11.9 Å². The number of allylic oxidation sites excluding steroid dienone is 2. The third-order valence-corrected chi connectivity index (χ3v) is 12.0. The summed E-state index contributed by atoms with van der Waals surface area (Å²) in [5.41, 5.74) is 0. The molecule has 0 aliphatic heterocycles. The Bertz CT molecular complexity index is 1020. The van der Waals surface area contributed by atoms with Crippen molar-refractivity contribution in [3.63, 3.8) is 0 Å². The first kappa shape index (κ1) is 57.8. The van der Waals surface area contributed by atoms with Crippen LogP contribution in [-0.2, 0) is 32.7 Å². The van der Waals surface area contributed by atoms with Crippen LogP contribution < -0.4 is 4.89 Å². The van der Waals surface area contributed by atoms with Gasteiger partial charge in [-0.15, -0.1) is 0 Å². The molecule has 10 heteroatoms. The summed E-state index contributed by atoms with van der Waals surface area (Å²) in [6.07, 6.45) is 45.2. The lowest BCUT2D eigenvalue weighted by Crippen LogP contribution is -2.37. The van der Waals surface area contributed by atoms with E-state index in [9.17, 15) is 19.0 Å². The zero-order valence-electron chi connectivity index (χ0n) is 39.5. The molecule has 2 atom stereocenters. The highest BCUT2D eigenvalue weighted by Crippen LogP contribution is 2.38. The highest BCUT2D eigenvalue weighted by Gasteiger charge is 2.21. The van der Waals surface area contributed by atoms with Crippen molar-refractivity contribution >= 4 is 19.8 Å². The first-order chi connectivity index (χ1) is 28.5. The van der Waals surface area contributed by atoms with Crippen LogP contribution in [0.5, 0.6) is 0 Å². The lowest BCUT2D eigenvalue weighted by Gasteiger charge is -2.28. The Morgan fingerprint density at radius 1 is 0.508 bits per heavy atom. The number of hydrogen-bond donors (Lipinski definition) is 0. The van der Waals surface area contributed by atoms with Gasteiger partial charge in [-0.1, -0.05) is 199 Å². The van der Waals surface area contributed by atoms with E-state index < -0.39 is 26.5 Å². The van der Waals surface area contributed by atoms with Crippen molar-refractivity contribution in [1.29, 1.82) is 0 Å². The van der Waals surface area contributed by atoms with Gasteiger partial charge in [0.25, 0.3) is 7.82 Å². The Labute approximate surface area is 365 Å². The molecule has 0 aromatic rings. The Hall–Kier alpha value is -1.25. The van der Waals surface area contributed by atoms with E-state index in [0.29, 0.717) is 17.4 Å². The molecule has 0 amide bonds. The maximum absolute atomic E-state index is 12.7. The van der Waals surface area contributed by atoms with Crippen molar-refractivity contribution in [1.82, 2.24) is 0 Å². The number of likely N-dealkylation sites (N-methyl/N-ethyl adjacent to an activating group) is 1. The van der Waals surface area contributed by atoms with Gasteiger partial charge in [0.05, 0.1) is 27.7 Å². The Morgan fingerprint density at radius 3 is 1.25 bits per heavy atom. The maximum Gasteiger partial charge on any atom is 0.306 e. The van der Waals surface area contributed by atoms with Crippen molar-refractivity contribution < 1.29 is 42.1 Å². The Balaban J connectivity index is 4.24. The van der Waals surface area contributed by atoms with Gasteiger partial charge in [-0.2, -0.15) is 0 Å². The molecule has 0 saturated carbocycles. The minimum Gasteiger partial charge on any atom is -0.756 e. The van der Waals surface area contributed by atoms with Gasteiger partial charge < -0.3 is 27.9 Å². The second kappa shape index (κ2) is 42.1. The number of phosphoric ester groups is 1. The average Bonchev–Trinajstić information content (AvgIpc) is 3.19. The molecule has 0 rings (SSSR count). The second-order valence-corrected chi connectivity index (χ2v) is 19.6. The molecule has 350 valence electrons. The first-order valence-corrected chi connectivity index (χ1v) is 26.4. The molecule has 0 aliphatic rings. The van der Waals surface area contributed by atoms with E-state index in [1.807, 2.05) is 21.1 Å². The van der Waals surface area contributed by atoms with Crippen LogP contribution in [0.1, 0.15) is 239 Å². The summed E-state index contributed by atoms with van der Waals surface area (Å²) in [7, 11) is 1.17. The SMILES string of the molecule is CCCCCCCCC/C=C\CCCCCCCC(=O)OC(COC(=O)CCCCCCCCCCCCCCCCCCCCC)COP(=O)([O-])OCC[N+](C)(C)C. The van der Waals surface area contributed by atoms with E-state index in [1.54, 1.807) is 0 Å². The minimum atomic E-state index is -4.62. The molecular weight excluding hydrogens is 762 g/mol. The lowest BCUT2D eigenvalue weighted by atomic mass is 10.0. The molecule has 0 aromatic carbocycles. The molecule has 9 nitrogen and oxygen atoms in total. The van der Waals surface area contributed by atoms with E-state index in [2.05, 4.69) is 26.0 Å². The molecule has 0 aromatic heterocycles. The van der Waals surface area contributed by atoms with Gasteiger partial charge in [-0.3, -0.25) is 14.2 Å². The lowest BCUT2D eigenvalue weighted by molar-refractivity contribution is -0.870. The quantitative estimate of drug-likeness (QED) is 0.0196. The smallest absolute Gasteiger partial charge is 0.306 e. The molecule has 59 heavy (non-hydrogen) atoms. The molecule has 0 saturated heterocycles. The van der Waals surface area contributed by atoms with Gasteiger partial charge in [0.15, 0.2) is 6.10 Å². The van der Waals surface area contributed by atoms with Gasteiger partial charge in [-0.25, -0.2) is 0 Å². The second-order valence-electron chi connectivity index (χ2n) is 18.2. The van der Waals surface area contributed by atoms with E-state index >= 15 is 0 Å². The summed E-state index contributed by atoms with van der Waals surface area (Å²) in [6, 6.07) is 0. The normalized spacial score (nSPS) is 13.5. The number of rotatable bonds is 46. The van der Waals surface area contributed by atoms with Gasteiger partial charge in [-0.05, 0) is 38.5 Å². The minimum absolute atomic E-state index is 0.0291. The number of carbonyl (C=O) groups is 2. The van der Waals surface area contributed by atoms with Gasteiger partial charge in [0.1, 0.15) is 19.8 Å². The van der Waals surface area contributed by atoms with Gasteiger partial charge in [0, 0.05) is 12.8 Å². The number of hydrogen-bond acceptors (Lipinski definition) is 8. The van der Waals surface area contributed by atoms with Crippen LogP contribution in [0.3, 0.4) is 0 Å². The summed E-state index contributed by atoms with van der Waals surface area (Å²) in [6.45, 7) is 4.26. The highest BCUT2D eigenvalue weighted by molar-refractivity contribution is 7.45. The monoisotopic (exact) mass is 858 g/mol. The molecule has 0 aliphatic carbocycles. The van der Waals surface area contributed by atoms with Crippen molar-refractivity contribution in [2.75, 3.05) is 47.5 Å². The third-order valence-electron chi connectivity index (χ3n) is 11.0. The van der Waals surface area contributed by atoms with Crippen molar-refractivity contribution in [3.05, 3.63) is 12.2 Å². The third kappa shape index (κ3) is 46.1. The number of carbonyl (C=O) groups excluding carboxylic acids is 2. The van der Waals surface area contributed by atoms with Crippen molar-refractivity contribution in [2.45, 2.75) is 245 Å². The van der Waals surface area contributed by atoms with Gasteiger partial charge in [0.2, 0.25) is 0 Å². The summed E-state index contributed by atoms with van der Waals surface area (Å²) >= 11 is 0. The van der Waals surface area contributed by atoms with Crippen molar-refractivity contribution in [3.8, 4) is 0 Å². The fraction of sp³-hybridized carbons (Fsp3) is 0.918. The fourth-order valence-corrected chi connectivity index (χ4v) is 7.85. The summed E-state index contributed by atoms with van der Waals surface area (Å²) in [5.74, 6) is -0.830. The number of phosphoric acid groups is 1. The van der Waals surface area contributed by atoms with Crippen LogP contribution in [0, 0.1) is 0 Å². The molecule has 0 radical (unpaired) electrons. The molecule has 0 N–H and O–H groups in total. The average molecular weight is 858 g/mol. The van der Waals surface area contributed by atoms with Crippen LogP contribution in [0.15, 0.2) is 12.2 Å². The summed E-state index contributed by atoms with van der Waals surface area (Å²) in [5, 5.41) is 0. The zero-order chi connectivity index (χ0) is 43.6. The molecule has 0 bridgehead atoms. The number of nitrogens with zero attached hydrogens (tertiary/aromatic N) is 1. The molecule has 2 unspecified atom stereocenters. The van der Waals surface area contributed by atoms with Crippen molar-refractivity contribution in [2.24, 2.45) is 0 Å². The van der Waals surface area contributed by atoms with E-state index in [1.165, 1.54) is 154 Å². The van der Waals surface area contributed by atoms with Crippen LogP contribution >= 0.6 is 7.82 Å². The molecule has 0 fully saturated rings. The topological polar surface area (TPSA) is 111 Å². The predicted octanol–water partition coefficient (Wildman–Crippen LogP) is 13.9. The Kier molecular flexibility index (Phi) is 41.2. The highest BCUT2D eigenvalue weighted by atomic mass is 31.2. The molecular formula is C49H96NO8P. The summed E-state index contributed by atoms with van der Waals surface area (Å²) < 4.78 is 34.0. The zero-order valence-corrected chi connectivity index (χ0v) is 40.4.